The molecule has 2 heterocycles. The molecule has 0 radical (unpaired) electrons. The number of hydrogen-bond donors (Lipinski definition) is 1. The first-order chi connectivity index (χ1) is 9.56. The van der Waals surface area contributed by atoms with E-state index in [2.05, 4.69) is 20.3 Å². The molecule has 0 saturated heterocycles. The minimum atomic E-state index is -0.383. The van der Waals surface area contributed by atoms with Crippen LogP contribution in [0.15, 0.2) is 35.9 Å². The van der Waals surface area contributed by atoms with Crippen molar-refractivity contribution in [3.8, 4) is 0 Å². The van der Waals surface area contributed by atoms with E-state index in [1.165, 1.54) is 24.0 Å². The predicted octanol–water partition coefficient (Wildman–Crippen LogP) is 3.30. The molecule has 0 aliphatic heterocycles. The molecule has 1 N–H and O–H groups in total. The van der Waals surface area contributed by atoms with Gasteiger partial charge >= 0.3 is 0 Å². The molecule has 0 unspecified atom stereocenters. The minimum Gasteiger partial charge on any atom is -0.308 e. The smallest absolute Gasteiger partial charge is 0.238 e. The van der Waals surface area contributed by atoms with Crippen LogP contribution in [0.25, 0.3) is 0 Å². The fourth-order valence-electron chi connectivity index (χ4n) is 1.28. The molecule has 0 spiro atoms. The number of anilines is 1. The lowest BCUT2D eigenvalue weighted by atomic mass is 10.4. The molecule has 2 aromatic rings. The van der Waals surface area contributed by atoms with Crippen LogP contribution in [0.3, 0.4) is 0 Å². The summed E-state index contributed by atoms with van der Waals surface area (Å²) in [4.78, 5) is 24.1. The number of hydrogen-bond acceptors (Lipinski definition) is 5. The maximum atomic E-state index is 12.0. The third kappa shape index (κ3) is 4.06. The number of aromatic nitrogens is 3. The van der Waals surface area contributed by atoms with Gasteiger partial charge in [0.1, 0.15) is 0 Å². The summed E-state index contributed by atoms with van der Waals surface area (Å²) in [6.45, 7) is 1.75. The molecule has 8 heteroatoms. The number of rotatable bonds is 4. The Hall–Kier alpha value is -1.37. The summed E-state index contributed by atoms with van der Waals surface area (Å²) < 4.78 is 0. The lowest BCUT2D eigenvalue weighted by Gasteiger charge is -2.11. The second-order valence-electron chi connectivity index (χ2n) is 3.76. The summed E-state index contributed by atoms with van der Waals surface area (Å²) >= 11 is 12.9. The molecule has 2 rings (SSSR count). The van der Waals surface area contributed by atoms with Gasteiger partial charge in [0.15, 0.2) is 11.0 Å². The Morgan fingerprint density at radius 1 is 1.30 bits per heavy atom. The molecule has 5 nitrogen and oxygen atoms in total. The highest BCUT2D eigenvalue weighted by molar-refractivity contribution is 8.00. The van der Waals surface area contributed by atoms with Crippen LogP contribution in [0.5, 0.6) is 0 Å². The van der Waals surface area contributed by atoms with Gasteiger partial charge in [0.2, 0.25) is 5.91 Å². The first-order valence-electron chi connectivity index (χ1n) is 5.62. The van der Waals surface area contributed by atoms with Crippen molar-refractivity contribution in [3.63, 3.8) is 0 Å². The van der Waals surface area contributed by atoms with Crippen molar-refractivity contribution >= 4 is 46.7 Å². The van der Waals surface area contributed by atoms with Gasteiger partial charge in [-0.1, -0.05) is 35.0 Å². The van der Waals surface area contributed by atoms with Crippen molar-refractivity contribution in [1.82, 2.24) is 15.0 Å². The van der Waals surface area contributed by atoms with Crippen LogP contribution in [0.2, 0.25) is 10.0 Å². The highest BCUT2D eigenvalue weighted by atomic mass is 35.5. The van der Waals surface area contributed by atoms with Crippen molar-refractivity contribution in [3.05, 3.63) is 40.8 Å². The number of thioether (sulfide) groups is 1. The average molecular weight is 329 g/mol. The van der Waals surface area contributed by atoms with Crippen LogP contribution in [-0.4, -0.2) is 26.1 Å². The van der Waals surface area contributed by atoms with Gasteiger partial charge in [0.05, 0.1) is 15.3 Å². The molecule has 104 valence electrons. The Bertz CT molecular complexity index is 612. The van der Waals surface area contributed by atoms with Crippen molar-refractivity contribution in [2.45, 2.75) is 17.3 Å². The predicted molar refractivity (Wildman–Crippen MR) is 80.2 cm³/mol. The second kappa shape index (κ2) is 6.88. The molecule has 0 aliphatic rings. The van der Waals surface area contributed by atoms with E-state index in [4.69, 9.17) is 23.2 Å². The van der Waals surface area contributed by atoms with E-state index in [1.807, 2.05) is 0 Å². The van der Waals surface area contributed by atoms with Gasteiger partial charge in [-0.25, -0.2) is 15.0 Å². The Morgan fingerprint density at radius 3 is 2.65 bits per heavy atom. The van der Waals surface area contributed by atoms with E-state index >= 15 is 0 Å². The van der Waals surface area contributed by atoms with Crippen molar-refractivity contribution in [1.29, 1.82) is 0 Å². The summed E-state index contributed by atoms with van der Waals surface area (Å²) in [6.07, 6.45) is 4.66. The molecular formula is C12H10Cl2N4OS. The monoisotopic (exact) mass is 328 g/mol. The SMILES string of the molecule is C[C@@H](Sc1ncccn1)C(=O)Nc1ncc(Cl)cc1Cl. The lowest BCUT2D eigenvalue weighted by Crippen LogP contribution is -2.23. The summed E-state index contributed by atoms with van der Waals surface area (Å²) in [5.41, 5.74) is 0. The third-order valence-corrected chi connectivity index (χ3v) is 3.73. The lowest BCUT2D eigenvalue weighted by molar-refractivity contribution is -0.115. The highest BCUT2D eigenvalue weighted by Crippen LogP contribution is 2.24. The molecule has 0 bridgehead atoms. The van der Waals surface area contributed by atoms with E-state index in [0.29, 0.717) is 15.2 Å². The first kappa shape index (κ1) is 15.0. The van der Waals surface area contributed by atoms with Crippen molar-refractivity contribution < 1.29 is 4.79 Å². The zero-order chi connectivity index (χ0) is 14.5. The van der Waals surface area contributed by atoms with Crippen molar-refractivity contribution in [2.24, 2.45) is 0 Å². The zero-order valence-corrected chi connectivity index (χ0v) is 12.7. The molecule has 0 saturated carbocycles. The van der Waals surface area contributed by atoms with E-state index in [0.717, 1.165) is 0 Å². The fourth-order valence-corrected chi connectivity index (χ4v) is 2.44. The quantitative estimate of drug-likeness (QED) is 0.688. The normalized spacial score (nSPS) is 11.9. The summed E-state index contributed by atoms with van der Waals surface area (Å²) in [7, 11) is 0. The Morgan fingerprint density at radius 2 is 2.00 bits per heavy atom. The second-order valence-corrected chi connectivity index (χ2v) is 5.92. The Balaban J connectivity index is 2.01. The first-order valence-corrected chi connectivity index (χ1v) is 7.25. The number of nitrogens with zero attached hydrogens (tertiary/aromatic N) is 3. The largest absolute Gasteiger partial charge is 0.308 e. The van der Waals surface area contributed by atoms with Gasteiger partial charge in [0, 0.05) is 18.6 Å². The molecule has 20 heavy (non-hydrogen) atoms. The number of nitrogens with one attached hydrogen (secondary N) is 1. The van der Waals surface area contributed by atoms with Gasteiger partial charge in [0.25, 0.3) is 0 Å². The Kier molecular flexibility index (Phi) is 5.17. The van der Waals surface area contributed by atoms with Gasteiger partial charge in [-0.3, -0.25) is 4.79 Å². The number of amides is 1. The van der Waals surface area contributed by atoms with Crippen LogP contribution in [0.4, 0.5) is 5.82 Å². The van der Waals surface area contributed by atoms with Crippen molar-refractivity contribution in [2.75, 3.05) is 5.32 Å². The molecule has 1 amide bonds. The number of halogens is 2. The van der Waals surface area contributed by atoms with Gasteiger partial charge < -0.3 is 5.32 Å². The molecule has 2 aromatic heterocycles. The summed E-state index contributed by atoms with van der Waals surface area (Å²) in [5, 5.41) is 3.49. The van der Waals surface area contributed by atoms with Crippen LogP contribution in [-0.2, 0) is 4.79 Å². The van der Waals surface area contributed by atoms with E-state index < -0.39 is 0 Å². The fraction of sp³-hybridized carbons (Fsp3) is 0.167. The highest BCUT2D eigenvalue weighted by Gasteiger charge is 2.17. The number of carbonyl (C=O) groups is 1. The average Bonchev–Trinajstić information content (AvgIpc) is 2.43. The molecule has 0 aromatic carbocycles. The topological polar surface area (TPSA) is 67.8 Å². The standard InChI is InChI=1S/C12H10Cl2N4OS/c1-7(20-12-15-3-2-4-16-12)11(19)18-10-9(14)5-8(13)6-17-10/h2-7H,1H3,(H,17,18,19)/t7-/m1/s1. The maximum Gasteiger partial charge on any atom is 0.238 e. The van der Waals surface area contributed by atoms with E-state index in [-0.39, 0.29) is 17.0 Å². The van der Waals surface area contributed by atoms with Crippen LogP contribution < -0.4 is 5.32 Å². The maximum absolute atomic E-state index is 12.0. The van der Waals surface area contributed by atoms with Gasteiger partial charge in [-0.2, -0.15) is 0 Å². The number of carbonyl (C=O) groups excluding carboxylic acids is 1. The van der Waals surface area contributed by atoms with Gasteiger partial charge in [-0.05, 0) is 19.1 Å². The number of pyridine rings is 1. The zero-order valence-electron chi connectivity index (χ0n) is 10.4. The minimum absolute atomic E-state index is 0.237. The molecule has 0 aliphatic carbocycles. The Labute approximate surface area is 130 Å². The molecule has 1 atom stereocenters. The summed E-state index contributed by atoms with van der Waals surface area (Å²) in [5.74, 6) is 0.0432. The van der Waals surface area contributed by atoms with Gasteiger partial charge in [-0.15, -0.1) is 0 Å². The van der Waals surface area contributed by atoms with Crippen LogP contribution in [0, 0.1) is 0 Å². The molecule has 0 fully saturated rings. The summed E-state index contributed by atoms with van der Waals surface area (Å²) in [6, 6.07) is 3.23. The molecular weight excluding hydrogens is 319 g/mol. The van der Waals surface area contributed by atoms with E-state index in [1.54, 1.807) is 25.4 Å². The van der Waals surface area contributed by atoms with E-state index in [9.17, 15) is 4.79 Å². The van der Waals surface area contributed by atoms with Crippen LogP contribution in [0.1, 0.15) is 6.92 Å². The van der Waals surface area contributed by atoms with Crippen LogP contribution >= 0.6 is 35.0 Å². The third-order valence-electron chi connectivity index (χ3n) is 2.24.